The number of hydrogen-bond donors (Lipinski definition) is 0. The van der Waals surface area contributed by atoms with E-state index in [9.17, 15) is 0 Å². The van der Waals surface area contributed by atoms with Crippen molar-refractivity contribution in [2.45, 2.75) is 25.5 Å². The van der Waals surface area contributed by atoms with E-state index in [0.29, 0.717) is 12.6 Å². The van der Waals surface area contributed by atoms with Crippen molar-refractivity contribution in [2.24, 2.45) is 0 Å². The first-order valence-corrected chi connectivity index (χ1v) is 9.07. The van der Waals surface area contributed by atoms with Gasteiger partial charge in [-0.25, -0.2) is 0 Å². The van der Waals surface area contributed by atoms with E-state index < -0.39 is 0 Å². The summed E-state index contributed by atoms with van der Waals surface area (Å²) in [7, 11) is 3.36. The summed E-state index contributed by atoms with van der Waals surface area (Å²) in [6.45, 7) is 4.65. The monoisotopic (exact) mass is 355 g/mol. The third-order valence-corrected chi connectivity index (χ3v) is 5.32. The second-order valence-corrected chi connectivity index (χ2v) is 6.82. The van der Waals surface area contributed by atoms with E-state index in [1.54, 1.807) is 14.2 Å². The maximum Gasteiger partial charge on any atom is 0.161 e. The van der Waals surface area contributed by atoms with Crippen molar-refractivity contribution in [3.8, 4) is 23.0 Å². The number of para-hydroxylation sites is 2. The average molecular weight is 355 g/mol. The van der Waals surface area contributed by atoms with E-state index in [1.165, 1.54) is 11.1 Å². The molecule has 0 bridgehead atoms. The molecule has 2 heterocycles. The highest BCUT2D eigenvalue weighted by atomic mass is 16.6. The molecule has 0 amide bonds. The lowest BCUT2D eigenvalue weighted by Gasteiger charge is -2.38. The highest BCUT2D eigenvalue weighted by molar-refractivity contribution is 5.49. The van der Waals surface area contributed by atoms with Crippen LogP contribution in [-0.4, -0.2) is 44.9 Å². The maximum absolute atomic E-state index is 6.14. The number of methoxy groups -OCH3 is 2. The van der Waals surface area contributed by atoms with Gasteiger partial charge < -0.3 is 18.9 Å². The molecule has 5 nitrogen and oxygen atoms in total. The van der Waals surface area contributed by atoms with E-state index >= 15 is 0 Å². The molecule has 5 heteroatoms. The predicted molar refractivity (Wildman–Crippen MR) is 99.6 cm³/mol. The summed E-state index contributed by atoms with van der Waals surface area (Å²) in [5.74, 6) is 3.25. The fourth-order valence-corrected chi connectivity index (χ4v) is 3.86. The lowest BCUT2D eigenvalue weighted by molar-refractivity contribution is 0.0447. The summed E-state index contributed by atoms with van der Waals surface area (Å²) < 4.78 is 22.9. The second kappa shape index (κ2) is 7.08. The molecule has 0 unspecified atom stereocenters. The van der Waals surface area contributed by atoms with E-state index in [0.717, 1.165) is 42.5 Å². The smallest absolute Gasteiger partial charge is 0.161 e. The molecule has 4 rings (SSSR count). The van der Waals surface area contributed by atoms with Gasteiger partial charge in [-0.05, 0) is 48.7 Å². The third-order valence-electron chi connectivity index (χ3n) is 5.32. The predicted octanol–water partition coefficient (Wildman–Crippen LogP) is 3.46. The minimum Gasteiger partial charge on any atom is -0.493 e. The molecule has 0 saturated carbocycles. The van der Waals surface area contributed by atoms with Crippen LogP contribution in [-0.2, 0) is 6.42 Å². The average Bonchev–Trinajstić information content (AvgIpc) is 2.69. The van der Waals surface area contributed by atoms with E-state index in [-0.39, 0.29) is 6.10 Å². The molecule has 0 radical (unpaired) electrons. The Kier molecular flexibility index (Phi) is 4.64. The van der Waals surface area contributed by atoms with Crippen LogP contribution in [0.1, 0.15) is 24.1 Å². The SMILES string of the molecule is COc1cc2c(cc1OC)[C@H](C)N(C[C@@H]1COc3ccccc3O1)CC2. The van der Waals surface area contributed by atoms with E-state index in [2.05, 4.69) is 24.0 Å². The Morgan fingerprint density at radius 2 is 1.81 bits per heavy atom. The summed E-state index contributed by atoms with van der Waals surface area (Å²) in [4.78, 5) is 2.45. The second-order valence-electron chi connectivity index (χ2n) is 6.82. The molecule has 2 aromatic carbocycles. The molecule has 138 valence electrons. The van der Waals surface area contributed by atoms with Gasteiger partial charge in [-0.1, -0.05) is 12.1 Å². The van der Waals surface area contributed by atoms with Crippen molar-refractivity contribution in [1.29, 1.82) is 0 Å². The molecule has 2 aromatic rings. The van der Waals surface area contributed by atoms with Gasteiger partial charge in [0.2, 0.25) is 0 Å². The lowest BCUT2D eigenvalue weighted by atomic mass is 9.92. The van der Waals surface area contributed by atoms with Crippen LogP contribution in [0.5, 0.6) is 23.0 Å². The van der Waals surface area contributed by atoms with Crippen molar-refractivity contribution < 1.29 is 18.9 Å². The highest BCUT2D eigenvalue weighted by Crippen LogP contribution is 2.38. The first-order valence-electron chi connectivity index (χ1n) is 9.07. The normalized spacial score (nSPS) is 21.8. The molecule has 0 N–H and O–H groups in total. The Bertz CT molecular complexity index is 792. The van der Waals surface area contributed by atoms with E-state index in [1.807, 2.05) is 24.3 Å². The fraction of sp³-hybridized carbons (Fsp3) is 0.429. The van der Waals surface area contributed by atoms with Gasteiger partial charge in [0, 0.05) is 19.1 Å². The summed E-state index contributed by atoms with van der Waals surface area (Å²) in [5, 5.41) is 0. The Morgan fingerprint density at radius 3 is 2.58 bits per heavy atom. The Balaban J connectivity index is 1.50. The van der Waals surface area contributed by atoms with Gasteiger partial charge in [0.25, 0.3) is 0 Å². The van der Waals surface area contributed by atoms with Gasteiger partial charge in [-0.3, -0.25) is 4.90 Å². The van der Waals surface area contributed by atoms with Gasteiger partial charge in [-0.15, -0.1) is 0 Å². The summed E-state index contributed by atoms with van der Waals surface area (Å²) in [6.07, 6.45) is 1.03. The maximum atomic E-state index is 6.14. The zero-order chi connectivity index (χ0) is 18.1. The summed E-state index contributed by atoms with van der Waals surface area (Å²) in [6, 6.07) is 12.4. The fourth-order valence-electron chi connectivity index (χ4n) is 3.86. The zero-order valence-corrected chi connectivity index (χ0v) is 15.5. The summed E-state index contributed by atoms with van der Waals surface area (Å²) >= 11 is 0. The molecule has 0 aromatic heterocycles. The zero-order valence-electron chi connectivity index (χ0n) is 15.5. The van der Waals surface area contributed by atoms with Crippen LogP contribution in [0.25, 0.3) is 0 Å². The number of hydrogen-bond acceptors (Lipinski definition) is 5. The van der Waals surface area contributed by atoms with Crippen LogP contribution in [0, 0.1) is 0 Å². The van der Waals surface area contributed by atoms with Crippen LogP contribution in [0.3, 0.4) is 0 Å². The number of fused-ring (bicyclic) bond motifs is 2. The van der Waals surface area contributed by atoms with Gasteiger partial charge in [-0.2, -0.15) is 0 Å². The minimum absolute atomic E-state index is 0.0362. The quantitative estimate of drug-likeness (QED) is 0.840. The molecule has 2 aliphatic heterocycles. The molecule has 0 spiro atoms. The highest BCUT2D eigenvalue weighted by Gasteiger charge is 2.30. The van der Waals surface area contributed by atoms with E-state index in [4.69, 9.17) is 18.9 Å². The van der Waals surface area contributed by atoms with Crippen molar-refractivity contribution in [3.63, 3.8) is 0 Å². The molecular formula is C21H25NO4. The number of rotatable bonds is 4. The van der Waals surface area contributed by atoms with Crippen LogP contribution < -0.4 is 18.9 Å². The Labute approximate surface area is 154 Å². The molecule has 26 heavy (non-hydrogen) atoms. The molecular weight excluding hydrogens is 330 g/mol. The molecule has 0 aliphatic carbocycles. The Morgan fingerprint density at radius 1 is 1.08 bits per heavy atom. The van der Waals surface area contributed by atoms with Crippen LogP contribution in [0.4, 0.5) is 0 Å². The molecule has 2 atom stereocenters. The lowest BCUT2D eigenvalue weighted by Crippen LogP contribution is -2.44. The standard InChI is InChI=1S/C21H25NO4/c1-14-17-11-21(24-3)20(23-2)10-15(17)8-9-22(14)12-16-13-25-18-6-4-5-7-19(18)26-16/h4-7,10-11,14,16H,8-9,12-13H2,1-3H3/t14-,16+/m0/s1. The first-order chi connectivity index (χ1) is 12.7. The number of ether oxygens (including phenoxy) is 4. The molecule has 0 saturated heterocycles. The molecule has 2 aliphatic rings. The van der Waals surface area contributed by atoms with Crippen molar-refractivity contribution in [2.75, 3.05) is 33.9 Å². The molecule has 0 fully saturated rings. The van der Waals surface area contributed by atoms with Gasteiger partial charge in [0.05, 0.1) is 14.2 Å². The largest absolute Gasteiger partial charge is 0.493 e. The number of nitrogens with zero attached hydrogens (tertiary/aromatic N) is 1. The minimum atomic E-state index is 0.0362. The topological polar surface area (TPSA) is 40.2 Å². The number of benzene rings is 2. The van der Waals surface area contributed by atoms with Crippen molar-refractivity contribution in [1.82, 2.24) is 4.90 Å². The third kappa shape index (κ3) is 3.07. The first kappa shape index (κ1) is 17.0. The van der Waals surface area contributed by atoms with Crippen molar-refractivity contribution >= 4 is 0 Å². The summed E-state index contributed by atoms with van der Waals surface area (Å²) in [5.41, 5.74) is 2.63. The van der Waals surface area contributed by atoms with Crippen LogP contribution in [0.15, 0.2) is 36.4 Å². The Hall–Kier alpha value is -2.40. The van der Waals surface area contributed by atoms with Crippen LogP contribution in [0.2, 0.25) is 0 Å². The van der Waals surface area contributed by atoms with Gasteiger partial charge in [0.15, 0.2) is 23.0 Å². The van der Waals surface area contributed by atoms with Gasteiger partial charge >= 0.3 is 0 Å². The van der Waals surface area contributed by atoms with Crippen molar-refractivity contribution in [3.05, 3.63) is 47.5 Å². The van der Waals surface area contributed by atoms with Gasteiger partial charge in [0.1, 0.15) is 12.7 Å². The van der Waals surface area contributed by atoms with Crippen LogP contribution >= 0.6 is 0 Å².